The number of aromatic nitrogens is 5. The van der Waals surface area contributed by atoms with Crippen molar-refractivity contribution in [2.24, 2.45) is 7.05 Å². The van der Waals surface area contributed by atoms with Crippen molar-refractivity contribution in [1.82, 2.24) is 30.1 Å². The molecule has 4 rings (SSSR count). The lowest BCUT2D eigenvalue weighted by Gasteiger charge is -2.18. The van der Waals surface area contributed by atoms with Gasteiger partial charge in [-0.1, -0.05) is 5.21 Å². The Bertz CT molecular complexity index is 822. The van der Waals surface area contributed by atoms with E-state index in [-0.39, 0.29) is 17.5 Å². The predicted molar refractivity (Wildman–Crippen MR) is 79.9 cm³/mol. The van der Waals surface area contributed by atoms with Gasteiger partial charge in [-0.25, -0.2) is 8.42 Å². The molecule has 22 heavy (non-hydrogen) atoms. The number of hydrogen-bond donors (Lipinski definition) is 1. The molecule has 8 nitrogen and oxygen atoms in total. The Labute approximate surface area is 128 Å². The minimum absolute atomic E-state index is 0.0535. The van der Waals surface area contributed by atoms with Crippen molar-refractivity contribution < 1.29 is 8.42 Å². The van der Waals surface area contributed by atoms with E-state index in [1.807, 2.05) is 17.9 Å². The van der Waals surface area contributed by atoms with Crippen molar-refractivity contribution in [3.63, 3.8) is 0 Å². The average Bonchev–Trinajstić information content (AvgIpc) is 3.15. The van der Waals surface area contributed by atoms with Gasteiger partial charge in [0.1, 0.15) is 11.4 Å². The van der Waals surface area contributed by atoms with Crippen molar-refractivity contribution in [3.05, 3.63) is 17.5 Å². The highest BCUT2D eigenvalue weighted by Crippen LogP contribution is 2.32. The molecular weight excluding hydrogens is 304 g/mol. The van der Waals surface area contributed by atoms with Crippen molar-refractivity contribution >= 4 is 9.84 Å². The van der Waals surface area contributed by atoms with Gasteiger partial charge in [-0.3, -0.25) is 9.36 Å². The van der Waals surface area contributed by atoms with Gasteiger partial charge in [0, 0.05) is 37.8 Å². The molecule has 2 aromatic heterocycles. The zero-order valence-electron chi connectivity index (χ0n) is 12.4. The molecule has 2 aliphatic rings. The Morgan fingerprint density at radius 2 is 2.27 bits per heavy atom. The summed E-state index contributed by atoms with van der Waals surface area (Å²) in [5.41, 5.74) is 3.82. The highest BCUT2D eigenvalue weighted by molar-refractivity contribution is 7.91. The van der Waals surface area contributed by atoms with E-state index in [1.165, 1.54) is 0 Å². The van der Waals surface area contributed by atoms with Crippen LogP contribution in [0.1, 0.15) is 23.7 Å². The summed E-state index contributed by atoms with van der Waals surface area (Å²) in [6, 6.07) is -0.0535. The Kier molecular flexibility index (Phi) is 3.08. The molecular formula is C13H18N6O2S. The van der Waals surface area contributed by atoms with E-state index in [1.54, 1.807) is 4.68 Å². The number of nitrogens with one attached hydrogen (secondary N) is 1. The first-order valence-electron chi connectivity index (χ1n) is 7.41. The third kappa shape index (κ3) is 2.24. The van der Waals surface area contributed by atoms with Gasteiger partial charge < -0.3 is 5.32 Å². The van der Waals surface area contributed by atoms with Crippen LogP contribution in [0, 0.1) is 0 Å². The minimum atomic E-state index is -2.93. The fourth-order valence-electron chi connectivity index (χ4n) is 3.31. The zero-order chi connectivity index (χ0) is 15.3. The van der Waals surface area contributed by atoms with Crippen LogP contribution in [-0.4, -0.2) is 51.2 Å². The van der Waals surface area contributed by atoms with Crippen LogP contribution in [0.5, 0.6) is 0 Å². The maximum atomic E-state index is 11.8. The van der Waals surface area contributed by atoms with Crippen LogP contribution in [0.2, 0.25) is 0 Å². The van der Waals surface area contributed by atoms with Crippen molar-refractivity contribution in [2.45, 2.75) is 25.4 Å². The Balaban J connectivity index is 1.81. The molecule has 2 aliphatic heterocycles. The summed E-state index contributed by atoms with van der Waals surface area (Å²) < 4.78 is 27.2. The SMILES string of the molecule is Cn1cc(-c2nn(C3CCS(=O)(=O)C3)c3c2CNCC3)nn1. The minimum Gasteiger partial charge on any atom is -0.312 e. The number of aryl methyl sites for hydroxylation is 1. The van der Waals surface area contributed by atoms with Crippen molar-refractivity contribution in [3.8, 4) is 11.4 Å². The lowest BCUT2D eigenvalue weighted by molar-refractivity contribution is 0.469. The van der Waals surface area contributed by atoms with Crippen molar-refractivity contribution in [1.29, 1.82) is 0 Å². The topological polar surface area (TPSA) is 94.7 Å². The van der Waals surface area contributed by atoms with Gasteiger partial charge in [0.25, 0.3) is 0 Å². The van der Waals surface area contributed by atoms with Gasteiger partial charge >= 0.3 is 0 Å². The molecule has 1 atom stereocenters. The first kappa shape index (κ1) is 13.9. The van der Waals surface area contributed by atoms with E-state index in [0.717, 1.165) is 42.2 Å². The fraction of sp³-hybridized carbons (Fsp3) is 0.615. The fourth-order valence-corrected chi connectivity index (χ4v) is 5.00. The molecule has 4 heterocycles. The molecule has 1 N–H and O–H groups in total. The second-order valence-corrected chi connectivity index (χ2v) is 8.21. The second-order valence-electron chi connectivity index (χ2n) is 5.98. The van der Waals surface area contributed by atoms with Gasteiger partial charge in [-0.15, -0.1) is 5.10 Å². The molecule has 0 saturated carbocycles. The lowest BCUT2D eigenvalue weighted by Crippen LogP contribution is -2.26. The maximum absolute atomic E-state index is 11.8. The number of hydrogen-bond acceptors (Lipinski definition) is 6. The molecule has 1 unspecified atom stereocenters. The third-order valence-electron chi connectivity index (χ3n) is 4.36. The van der Waals surface area contributed by atoms with E-state index in [2.05, 4.69) is 15.6 Å². The molecule has 118 valence electrons. The van der Waals surface area contributed by atoms with E-state index >= 15 is 0 Å². The number of sulfone groups is 1. The Hall–Kier alpha value is -1.74. The lowest BCUT2D eigenvalue weighted by atomic mass is 10.1. The van der Waals surface area contributed by atoms with Gasteiger partial charge in [-0.05, 0) is 6.42 Å². The summed E-state index contributed by atoms with van der Waals surface area (Å²) in [4.78, 5) is 0. The van der Waals surface area contributed by atoms with Crippen molar-refractivity contribution in [2.75, 3.05) is 18.1 Å². The molecule has 0 amide bonds. The summed E-state index contributed by atoms with van der Waals surface area (Å²) in [7, 11) is -1.11. The number of fused-ring (bicyclic) bond motifs is 1. The van der Waals surface area contributed by atoms with E-state index in [0.29, 0.717) is 6.42 Å². The number of nitrogens with zero attached hydrogens (tertiary/aromatic N) is 5. The molecule has 0 spiro atoms. The summed E-state index contributed by atoms with van der Waals surface area (Å²) in [6.07, 6.45) is 3.34. The summed E-state index contributed by atoms with van der Waals surface area (Å²) in [6.45, 7) is 1.62. The highest BCUT2D eigenvalue weighted by Gasteiger charge is 2.33. The summed E-state index contributed by atoms with van der Waals surface area (Å²) in [5.74, 6) is 0.444. The van der Waals surface area contributed by atoms with Crippen LogP contribution in [0.15, 0.2) is 6.20 Å². The molecule has 0 aromatic carbocycles. The van der Waals surface area contributed by atoms with Crippen LogP contribution < -0.4 is 5.32 Å². The largest absolute Gasteiger partial charge is 0.312 e. The first-order valence-corrected chi connectivity index (χ1v) is 9.24. The summed E-state index contributed by atoms with van der Waals surface area (Å²) >= 11 is 0. The molecule has 0 aliphatic carbocycles. The first-order chi connectivity index (χ1) is 10.5. The Morgan fingerprint density at radius 3 is 2.95 bits per heavy atom. The van der Waals surface area contributed by atoms with Crippen LogP contribution in [0.3, 0.4) is 0 Å². The van der Waals surface area contributed by atoms with E-state index in [4.69, 9.17) is 5.10 Å². The van der Waals surface area contributed by atoms with E-state index in [9.17, 15) is 8.42 Å². The van der Waals surface area contributed by atoms with Gasteiger partial charge in [0.15, 0.2) is 9.84 Å². The van der Waals surface area contributed by atoms with Crippen LogP contribution in [-0.2, 0) is 29.9 Å². The smallest absolute Gasteiger partial charge is 0.152 e. The normalized spacial score (nSPS) is 23.6. The van der Waals surface area contributed by atoms with Crippen LogP contribution in [0.25, 0.3) is 11.4 Å². The van der Waals surface area contributed by atoms with Gasteiger partial charge in [-0.2, -0.15) is 5.10 Å². The zero-order valence-corrected chi connectivity index (χ0v) is 13.2. The third-order valence-corrected chi connectivity index (χ3v) is 6.11. The maximum Gasteiger partial charge on any atom is 0.152 e. The molecule has 9 heteroatoms. The second kappa shape index (κ2) is 4.88. The highest BCUT2D eigenvalue weighted by atomic mass is 32.2. The molecule has 2 aromatic rings. The van der Waals surface area contributed by atoms with Gasteiger partial charge in [0.05, 0.1) is 23.7 Å². The quantitative estimate of drug-likeness (QED) is 0.814. The van der Waals surface area contributed by atoms with E-state index < -0.39 is 9.84 Å². The van der Waals surface area contributed by atoms with Crippen LogP contribution in [0.4, 0.5) is 0 Å². The number of rotatable bonds is 2. The predicted octanol–water partition coefficient (Wildman–Crippen LogP) is -0.316. The standard InChI is InChI=1S/C13H18N6O2S/c1-18-7-11(15-17-18)13-10-6-14-4-2-12(10)19(16-13)9-3-5-22(20,21)8-9/h7,9,14H,2-6,8H2,1H3. The molecule has 0 radical (unpaired) electrons. The average molecular weight is 322 g/mol. The Morgan fingerprint density at radius 1 is 1.41 bits per heavy atom. The summed E-state index contributed by atoms with van der Waals surface area (Å²) in [5, 5.41) is 16.2. The molecule has 0 bridgehead atoms. The molecule has 1 saturated heterocycles. The van der Waals surface area contributed by atoms with Gasteiger partial charge in [0.2, 0.25) is 0 Å². The molecule has 1 fully saturated rings. The van der Waals surface area contributed by atoms with Crippen LogP contribution >= 0.6 is 0 Å². The monoisotopic (exact) mass is 322 g/mol.